The monoisotopic (exact) mass is 201 g/mol. The highest BCUT2D eigenvalue weighted by atomic mass is 16.5. The third-order valence-corrected chi connectivity index (χ3v) is 1.98. The lowest BCUT2D eigenvalue weighted by molar-refractivity contribution is 0.460. The van der Waals surface area contributed by atoms with Gasteiger partial charge < -0.3 is 10.5 Å². The van der Waals surface area contributed by atoms with Crippen molar-refractivity contribution in [3.63, 3.8) is 0 Å². The summed E-state index contributed by atoms with van der Waals surface area (Å²) in [7, 11) is 0. The van der Waals surface area contributed by atoms with E-state index in [1.807, 2.05) is 13.0 Å². The molecule has 0 bridgehead atoms. The summed E-state index contributed by atoms with van der Waals surface area (Å²) in [5, 5.41) is 0. The summed E-state index contributed by atoms with van der Waals surface area (Å²) < 4.78 is 5.48. The minimum atomic E-state index is 0.523. The maximum atomic E-state index is 5.65. The first-order valence-electron chi connectivity index (χ1n) is 4.56. The van der Waals surface area contributed by atoms with Crippen LogP contribution < -0.4 is 10.5 Å². The van der Waals surface area contributed by atoms with Crippen molar-refractivity contribution in [1.82, 2.24) is 9.97 Å². The van der Waals surface area contributed by atoms with Crippen LogP contribution in [0.5, 0.6) is 11.6 Å². The van der Waals surface area contributed by atoms with Gasteiger partial charge in [-0.3, -0.25) is 4.98 Å². The molecule has 0 unspecified atom stereocenters. The number of rotatable bonds is 2. The fourth-order valence-corrected chi connectivity index (χ4v) is 1.12. The van der Waals surface area contributed by atoms with Crippen LogP contribution in [0.25, 0.3) is 0 Å². The molecule has 0 aliphatic carbocycles. The van der Waals surface area contributed by atoms with Crippen molar-refractivity contribution in [2.45, 2.75) is 6.92 Å². The van der Waals surface area contributed by atoms with Crippen molar-refractivity contribution in [2.75, 3.05) is 5.73 Å². The summed E-state index contributed by atoms with van der Waals surface area (Å²) in [6, 6.07) is 5.42. The van der Waals surface area contributed by atoms with E-state index in [4.69, 9.17) is 10.5 Å². The van der Waals surface area contributed by atoms with E-state index in [0.717, 1.165) is 5.56 Å². The van der Waals surface area contributed by atoms with Crippen LogP contribution in [-0.2, 0) is 0 Å². The van der Waals surface area contributed by atoms with E-state index in [9.17, 15) is 0 Å². The lowest BCUT2D eigenvalue weighted by atomic mass is 10.2. The summed E-state index contributed by atoms with van der Waals surface area (Å²) in [5.74, 6) is 1.18. The first kappa shape index (κ1) is 9.45. The minimum Gasteiger partial charge on any atom is -0.437 e. The van der Waals surface area contributed by atoms with E-state index >= 15 is 0 Å². The smallest absolute Gasteiger partial charge is 0.219 e. The van der Waals surface area contributed by atoms with Crippen molar-refractivity contribution >= 4 is 5.69 Å². The standard InChI is InChI=1S/C11H11N3O/c1-8-5-11(14-7-10(8)12)15-9-3-2-4-13-6-9/h2-7H,12H2,1H3. The molecule has 0 aliphatic heterocycles. The Morgan fingerprint density at radius 1 is 1.33 bits per heavy atom. The molecule has 4 nitrogen and oxygen atoms in total. The Bertz CT molecular complexity index is 457. The predicted molar refractivity (Wildman–Crippen MR) is 57.7 cm³/mol. The molecule has 0 aromatic carbocycles. The van der Waals surface area contributed by atoms with Crippen molar-refractivity contribution < 1.29 is 4.74 Å². The van der Waals surface area contributed by atoms with E-state index in [0.29, 0.717) is 17.3 Å². The molecule has 0 saturated heterocycles. The molecule has 2 aromatic rings. The second-order valence-electron chi connectivity index (χ2n) is 3.17. The maximum Gasteiger partial charge on any atom is 0.219 e. The first-order valence-corrected chi connectivity index (χ1v) is 4.56. The lowest BCUT2D eigenvalue weighted by Crippen LogP contribution is -1.93. The number of aromatic nitrogens is 2. The SMILES string of the molecule is Cc1cc(Oc2cccnc2)ncc1N. The molecule has 0 aliphatic rings. The van der Waals surface area contributed by atoms with Gasteiger partial charge in [0.1, 0.15) is 5.75 Å². The highest BCUT2D eigenvalue weighted by molar-refractivity contribution is 5.45. The molecule has 2 N–H and O–H groups in total. The van der Waals surface area contributed by atoms with Crippen LogP contribution in [0.4, 0.5) is 5.69 Å². The quantitative estimate of drug-likeness (QED) is 0.808. The van der Waals surface area contributed by atoms with E-state index < -0.39 is 0 Å². The number of hydrogen-bond acceptors (Lipinski definition) is 4. The summed E-state index contributed by atoms with van der Waals surface area (Å²) in [5.41, 5.74) is 7.26. The Labute approximate surface area is 87.7 Å². The van der Waals surface area contributed by atoms with Crippen LogP contribution in [-0.4, -0.2) is 9.97 Å². The zero-order valence-electron chi connectivity index (χ0n) is 8.34. The van der Waals surface area contributed by atoms with Gasteiger partial charge in [-0.1, -0.05) is 0 Å². The normalized spacial score (nSPS) is 9.93. The number of pyridine rings is 2. The number of nitrogen functional groups attached to an aromatic ring is 1. The topological polar surface area (TPSA) is 61.0 Å². The minimum absolute atomic E-state index is 0.523. The Morgan fingerprint density at radius 3 is 2.87 bits per heavy atom. The van der Waals surface area contributed by atoms with Crippen molar-refractivity contribution in [3.8, 4) is 11.6 Å². The van der Waals surface area contributed by atoms with Gasteiger partial charge in [-0.05, 0) is 24.6 Å². The van der Waals surface area contributed by atoms with Crippen LogP contribution in [0.1, 0.15) is 5.56 Å². The third kappa shape index (κ3) is 2.22. The Hall–Kier alpha value is -2.10. The molecular formula is C11H11N3O. The molecule has 0 radical (unpaired) electrons. The van der Waals surface area contributed by atoms with Crippen LogP contribution in [0.3, 0.4) is 0 Å². The Morgan fingerprint density at radius 2 is 2.20 bits per heavy atom. The largest absolute Gasteiger partial charge is 0.437 e. The molecule has 0 saturated carbocycles. The molecule has 2 heterocycles. The van der Waals surface area contributed by atoms with Crippen molar-refractivity contribution in [3.05, 3.63) is 42.4 Å². The van der Waals surface area contributed by atoms with Crippen LogP contribution in [0.2, 0.25) is 0 Å². The number of hydrogen-bond donors (Lipinski definition) is 1. The Kier molecular flexibility index (Phi) is 2.49. The average Bonchev–Trinajstić information content (AvgIpc) is 2.25. The first-order chi connectivity index (χ1) is 7.25. The predicted octanol–water partition coefficient (Wildman–Crippen LogP) is 2.16. The van der Waals surface area contributed by atoms with Gasteiger partial charge >= 0.3 is 0 Å². The molecule has 4 heteroatoms. The van der Waals surface area contributed by atoms with Gasteiger partial charge in [0.25, 0.3) is 0 Å². The summed E-state index contributed by atoms with van der Waals surface area (Å²) in [6.07, 6.45) is 4.91. The van der Waals surface area contributed by atoms with E-state index in [1.165, 1.54) is 0 Å². The van der Waals surface area contributed by atoms with Crippen molar-refractivity contribution in [1.29, 1.82) is 0 Å². The van der Waals surface area contributed by atoms with Crippen molar-refractivity contribution in [2.24, 2.45) is 0 Å². The van der Waals surface area contributed by atoms with Crippen LogP contribution in [0.15, 0.2) is 36.8 Å². The molecule has 0 atom stereocenters. The van der Waals surface area contributed by atoms with Gasteiger partial charge in [0.05, 0.1) is 18.1 Å². The van der Waals surface area contributed by atoms with Gasteiger partial charge in [0.2, 0.25) is 5.88 Å². The van der Waals surface area contributed by atoms with Crippen LogP contribution >= 0.6 is 0 Å². The lowest BCUT2D eigenvalue weighted by Gasteiger charge is -2.05. The highest BCUT2D eigenvalue weighted by Crippen LogP contribution is 2.20. The van der Waals surface area contributed by atoms with E-state index in [2.05, 4.69) is 9.97 Å². The van der Waals surface area contributed by atoms with Crippen LogP contribution in [0, 0.1) is 6.92 Å². The second kappa shape index (κ2) is 3.96. The average molecular weight is 201 g/mol. The van der Waals surface area contributed by atoms with Gasteiger partial charge in [-0.2, -0.15) is 0 Å². The van der Waals surface area contributed by atoms with E-state index in [-0.39, 0.29) is 0 Å². The fraction of sp³-hybridized carbons (Fsp3) is 0.0909. The summed E-state index contributed by atoms with van der Waals surface area (Å²) >= 11 is 0. The highest BCUT2D eigenvalue weighted by Gasteiger charge is 2.00. The molecule has 0 fully saturated rings. The second-order valence-corrected chi connectivity index (χ2v) is 3.17. The van der Waals surface area contributed by atoms with Gasteiger partial charge in [-0.25, -0.2) is 4.98 Å². The number of anilines is 1. The fourth-order valence-electron chi connectivity index (χ4n) is 1.12. The number of nitrogens with two attached hydrogens (primary N) is 1. The van der Waals surface area contributed by atoms with Gasteiger partial charge in [0.15, 0.2) is 0 Å². The zero-order valence-corrected chi connectivity index (χ0v) is 8.34. The molecule has 2 rings (SSSR count). The van der Waals surface area contributed by atoms with Gasteiger partial charge in [0, 0.05) is 12.3 Å². The molecule has 15 heavy (non-hydrogen) atoms. The van der Waals surface area contributed by atoms with Gasteiger partial charge in [-0.15, -0.1) is 0 Å². The molecule has 2 aromatic heterocycles. The van der Waals surface area contributed by atoms with E-state index in [1.54, 1.807) is 30.7 Å². The number of nitrogens with zero attached hydrogens (tertiary/aromatic N) is 2. The molecule has 76 valence electrons. The molecule has 0 spiro atoms. The summed E-state index contributed by atoms with van der Waals surface area (Å²) in [6.45, 7) is 1.91. The zero-order chi connectivity index (χ0) is 10.7. The molecule has 0 amide bonds. The maximum absolute atomic E-state index is 5.65. The summed E-state index contributed by atoms with van der Waals surface area (Å²) in [4.78, 5) is 8.00. The molecular weight excluding hydrogens is 190 g/mol. The third-order valence-electron chi connectivity index (χ3n) is 1.98. The number of aryl methyl sites for hydroxylation is 1. The Balaban J connectivity index is 2.22. The number of ether oxygens (including phenoxy) is 1.